The van der Waals surface area contributed by atoms with E-state index < -0.39 is 0 Å². The third-order valence-corrected chi connectivity index (χ3v) is 1.59. The topological polar surface area (TPSA) is 60.0 Å². The first-order chi connectivity index (χ1) is 3.79. The molecule has 1 aromatic rings. The number of rotatable bonds is 0. The van der Waals surface area contributed by atoms with E-state index in [1.54, 1.807) is 0 Å². The molecule has 0 heterocycles. The quantitative estimate of drug-likeness (QED) is 0.501. The van der Waals surface area contributed by atoms with Crippen molar-refractivity contribution >= 4 is 35.9 Å². The van der Waals surface area contributed by atoms with Crippen molar-refractivity contribution in [1.82, 2.24) is 0 Å². The summed E-state index contributed by atoms with van der Waals surface area (Å²) in [6, 6.07) is 7.75. The molecule has 1 aromatic carbocycles. The summed E-state index contributed by atoms with van der Waals surface area (Å²) < 4.78 is 1.22. The second-order valence-corrected chi connectivity index (χ2v) is 2.80. The molecule has 4 heteroatoms. The fourth-order valence-corrected chi connectivity index (χ4v) is 0.822. The van der Waals surface area contributed by atoms with Crippen LogP contribution >= 0.6 is 22.6 Å². The van der Waals surface area contributed by atoms with Crippen LogP contribution in [0.15, 0.2) is 24.3 Å². The van der Waals surface area contributed by atoms with Crippen molar-refractivity contribution in [3.05, 3.63) is 27.8 Å². The van der Waals surface area contributed by atoms with Crippen molar-refractivity contribution in [2.75, 3.05) is 0 Å². The molecule has 0 aromatic heterocycles. The van der Waals surface area contributed by atoms with Crippen molar-refractivity contribution in [3.63, 3.8) is 0 Å². The average molecular weight is 248 g/mol. The Balaban J connectivity index is 0. The summed E-state index contributed by atoms with van der Waals surface area (Å²) in [6.45, 7) is 0. The van der Waals surface area contributed by atoms with E-state index in [9.17, 15) is 0 Å². The number of hydrogen-bond donors (Lipinski definition) is 0. The SMILES string of the molecule is [B+2]c1ccc(I)cc1.[OH-].[OH-]. The third-order valence-electron chi connectivity index (χ3n) is 0.870. The first kappa shape index (κ1) is 12.6. The van der Waals surface area contributed by atoms with Gasteiger partial charge in [-0.2, -0.15) is 0 Å². The van der Waals surface area contributed by atoms with Crippen LogP contribution in [-0.2, 0) is 0 Å². The first-order valence-corrected chi connectivity index (χ1v) is 3.38. The molecule has 0 atom stereocenters. The van der Waals surface area contributed by atoms with E-state index in [1.165, 1.54) is 3.57 Å². The van der Waals surface area contributed by atoms with Gasteiger partial charge < -0.3 is 11.0 Å². The van der Waals surface area contributed by atoms with Crippen LogP contribution in [0.2, 0.25) is 0 Å². The molecule has 10 heavy (non-hydrogen) atoms. The van der Waals surface area contributed by atoms with E-state index in [1.807, 2.05) is 24.3 Å². The Kier molecular flexibility index (Phi) is 7.18. The zero-order valence-corrected chi connectivity index (χ0v) is 7.32. The van der Waals surface area contributed by atoms with Gasteiger partial charge in [0.2, 0.25) is 0 Å². The molecule has 0 amide bonds. The van der Waals surface area contributed by atoms with Crippen molar-refractivity contribution in [1.29, 1.82) is 0 Å². The molecule has 0 spiro atoms. The summed E-state index contributed by atoms with van der Waals surface area (Å²) in [4.78, 5) is 0. The van der Waals surface area contributed by atoms with Crippen molar-refractivity contribution in [3.8, 4) is 0 Å². The molecule has 0 radical (unpaired) electrons. The van der Waals surface area contributed by atoms with Gasteiger partial charge in [0.25, 0.3) is 0 Å². The summed E-state index contributed by atoms with van der Waals surface area (Å²) in [6.07, 6.45) is 0. The molecule has 0 aliphatic carbocycles. The Morgan fingerprint density at radius 2 is 1.40 bits per heavy atom. The molecular weight excluding hydrogens is 242 g/mol. The monoisotopic (exact) mass is 248 g/mol. The van der Waals surface area contributed by atoms with Gasteiger partial charge in [-0.3, -0.25) is 0 Å². The summed E-state index contributed by atoms with van der Waals surface area (Å²) in [5.41, 5.74) is 0.824. The van der Waals surface area contributed by atoms with Crippen molar-refractivity contribution in [2.45, 2.75) is 0 Å². The molecule has 0 bridgehead atoms. The predicted octanol–water partition coefficient (Wildman–Crippen LogP) is 0.731. The van der Waals surface area contributed by atoms with Gasteiger partial charge in [-0.1, -0.05) is 0 Å². The Hall–Kier alpha value is -0.0651. The second-order valence-electron chi connectivity index (χ2n) is 1.55. The molecule has 0 aliphatic heterocycles. The van der Waals surface area contributed by atoms with Crippen LogP contribution in [0.3, 0.4) is 0 Å². The molecule has 2 N–H and O–H groups in total. The molecule has 0 unspecified atom stereocenters. The van der Waals surface area contributed by atoms with Crippen LogP contribution in [0, 0.1) is 3.57 Å². The normalized spacial score (nSPS) is 7.50. The molecule has 52 valence electrons. The third kappa shape index (κ3) is 3.87. The molecule has 0 saturated heterocycles. The minimum atomic E-state index is 0. The average Bonchev–Trinajstić information content (AvgIpc) is 1.77. The van der Waals surface area contributed by atoms with Crippen LogP contribution < -0.4 is 5.46 Å². The van der Waals surface area contributed by atoms with Gasteiger partial charge in [-0.15, -0.1) is 0 Å². The van der Waals surface area contributed by atoms with Gasteiger partial charge >= 0.3 is 63.7 Å². The van der Waals surface area contributed by atoms with Crippen LogP contribution in [0.4, 0.5) is 0 Å². The maximum Gasteiger partial charge on any atom is -0.870 e. The fraction of sp³-hybridized carbons (Fsp3) is 0. The van der Waals surface area contributed by atoms with E-state index in [-0.39, 0.29) is 11.0 Å². The Morgan fingerprint density at radius 1 is 1.00 bits per heavy atom. The van der Waals surface area contributed by atoms with Gasteiger partial charge in [0, 0.05) is 0 Å². The number of hydrogen-bond acceptors (Lipinski definition) is 2. The number of halogens is 1. The van der Waals surface area contributed by atoms with Crippen LogP contribution in [0.25, 0.3) is 0 Å². The Bertz CT molecular complexity index is 155. The molecule has 0 saturated carbocycles. The molecular formula is C6H6BIO2. The van der Waals surface area contributed by atoms with Crippen molar-refractivity contribution < 1.29 is 11.0 Å². The van der Waals surface area contributed by atoms with Gasteiger partial charge in [0.05, 0.1) is 0 Å². The summed E-state index contributed by atoms with van der Waals surface area (Å²) in [5, 5.41) is 0. The van der Waals surface area contributed by atoms with E-state index in [4.69, 9.17) is 7.85 Å². The van der Waals surface area contributed by atoms with Crippen LogP contribution in [0.5, 0.6) is 0 Å². The minimum absolute atomic E-state index is 0. The zero-order valence-electron chi connectivity index (χ0n) is 5.16. The van der Waals surface area contributed by atoms with Gasteiger partial charge in [-0.25, -0.2) is 0 Å². The van der Waals surface area contributed by atoms with E-state index in [0.717, 1.165) is 5.46 Å². The standard InChI is InChI=1S/C6H4BI.2H2O/c7-5-1-3-6(8)4-2-5;;/h1-4H;2*1H2/q+2;;/p-2. The van der Waals surface area contributed by atoms with E-state index >= 15 is 0 Å². The Labute approximate surface area is 74.8 Å². The molecule has 1 rings (SSSR count). The molecule has 2 nitrogen and oxygen atoms in total. The van der Waals surface area contributed by atoms with E-state index in [0.29, 0.717) is 0 Å². The maximum atomic E-state index is 5.42. The largest absolute Gasteiger partial charge is 0.870 e. The molecule has 0 aliphatic rings. The molecule has 0 fully saturated rings. The van der Waals surface area contributed by atoms with Gasteiger partial charge in [-0.05, 0) is 0 Å². The van der Waals surface area contributed by atoms with Gasteiger partial charge in [0.1, 0.15) is 0 Å². The Morgan fingerprint density at radius 3 is 1.70 bits per heavy atom. The van der Waals surface area contributed by atoms with Crippen LogP contribution in [-0.4, -0.2) is 18.8 Å². The second kappa shape index (κ2) is 5.70. The first-order valence-electron chi connectivity index (χ1n) is 2.30. The van der Waals surface area contributed by atoms with Gasteiger partial charge in [0.15, 0.2) is 0 Å². The smallest absolute Gasteiger partial charge is 0.870 e. The fourth-order valence-electron chi connectivity index (χ4n) is 0.463. The minimum Gasteiger partial charge on any atom is -0.870 e. The summed E-state index contributed by atoms with van der Waals surface area (Å²) in [5.74, 6) is 0. The van der Waals surface area contributed by atoms with Crippen molar-refractivity contribution in [2.24, 2.45) is 0 Å². The maximum absolute atomic E-state index is 5.42. The number of benzene rings is 1. The predicted molar refractivity (Wildman–Crippen MR) is 48.4 cm³/mol. The van der Waals surface area contributed by atoms with E-state index in [2.05, 4.69) is 22.6 Å². The summed E-state index contributed by atoms with van der Waals surface area (Å²) >= 11 is 2.24. The summed E-state index contributed by atoms with van der Waals surface area (Å²) in [7, 11) is 5.42. The zero-order chi connectivity index (χ0) is 5.98. The van der Waals surface area contributed by atoms with Crippen LogP contribution in [0.1, 0.15) is 0 Å².